The number of rotatable bonds is 11. The molecule has 0 aromatic carbocycles. The second-order valence-corrected chi connectivity index (χ2v) is 5.41. The maximum Gasteiger partial charge on any atom is 0.280 e. The minimum atomic E-state index is -0.165. The van der Waals surface area contributed by atoms with Gasteiger partial charge in [-0.1, -0.05) is 52.4 Å². The second kappa shape index (κ2) is 10.2. The van der Waals surface area contributed by atoms with Crippen LogP contribution in [0.3, 0.4) is 0 Å². The van der Waals surface area contributed by atoms with Gasteiger partial charge in [0.2, 0.25) is 11.5 Å². The van der Waals surface area contributed by atoms with Crippen LogP contribution < -0.4 is 5.73 Å². The molecular weight excluding hydrogens is 268 g/mol. The molecule has 1 aromatic heterocycles. The molecule has 1 rings (SSSR count). The number of nitrogens with zero attached hydrogens (tertiary/aromatic N) is 3. The van der Waals surface area contributed by atoms with E-state index < -0.39 is 0 Å². The lowest BCUT2D eigenvalue weighted by molar-refractivity contribution is 0.0739. The number of nitrogen functional groups attached to an aromatic ring is 1. The quantitative estimate of drug-likeness (QED) is 0.633. The van der Waals surface area contributed by atoms with Crippen LogP contribution in [0.4, 0.5) is 5.82 Å². The smallest absolute Gasteiger partial charge is 0.280 e. The summed E-state index contributed by atoms with van der Waals surface area (Å²) in [6.07, 6.45) is 9.08. The number of anilines is 1. The molecule has 6 nitrogen and oxygen atoms in total. The van der Waals surface area contributed by atoms with Crippen molar-refractivity contribution in [3.8, 4) is 0 Å². The van der Waals surface area contributed by atoms with E-state index in [1.54, 1.807) is 0 Å². The SMILES string of the molecule is CCCCCCN(CCCCCC)C(=O)c1nonc1N. The molecule has 2 N–H and O–H groups in total. The fourth-order valence-corrected chi connectivity index (χ4v) is 2.27. The van der Waals surface area contributed by atoms with Crippen LogP contribution in [0.5, 0.6) is 0 Å². The summed E-state index contributed by atoms with van der Waals surface area (Å²) in [7, 11) is 0. The summed E-state index contributed by atoms with van der Waals surface area (Å²) in [5.41, 5.74) is 5.76. The highest BCUT2D eigenvalue weighted by molar-refractivity contribution is 5.96. The highest BCUT2D eigenvalue weighted by atomic mass is 16.6. The number of hydrogen-bond donors (Lipinski definition) is 1. The molecule has 0 atom stereocenters. The largest absolute Gasteiger partial charge is 0.379 e. The fraction of sp³-hybridized carbons (Fsp3) is 0.800. The fourth-order valence-electron chi connectivity index (χ4n) is 2.27. The molecule has 0 aliphatic heterocycles. The van der Waals surface area contributed by atoms with Crippen molar-refractivity contribution in [1.29, 1.82) is 0 Å². The summed E-state index contributed by atoms with van der Waals surface area (Å²) in [4.78, 5) is 14.3. The van der Waals surface area contributed by atoms with Gasteiger partial charge >= 0.3 is 0 Å². The molecule has 0 aliphatic rings. The van der Waals surface area contributed by atoms with Gasteiger partial charge in [-0.2, -0.15) is 0 Å². The lowest BCUT2D eigenvalue weighted by atomic mass is 10.1. The minimum absolute atomic E-state index is 0.0760. The zero-order chi connectivity index (χ0) is 15.5. The van der Waals surface area contributed by atoms with Crippen molar-refractivity contribution < 1.29 is 9.42 Å². The number of aromatic nitrogens is 2. The Morgan fingerprint density at radius 1 is 1.00 bits per heavy atom. The third kappa shape index (κ3) is 6.14. The molecule has 1 aromatic rings. The summed E-state index contributed by atoms with van der Waals surface area (Å²) in [6, 6.07) is 0. The van der Waals surface area contributed by atoms with Crippen molar-refractivity contribution in [3.05, 3.63) is 5.69 Å². The van der Waals surface area contributed by atoms with Crippen molar-refractivity contribution in [2.75, 3.05) is 18.8 Å². The molecule has 0 bridgehead atoms. The first-order valence-electron chi connectivity index (χ1n) is 8.08. The number of amides is 1. The zero-order valence-electron chi connectivity index (χ0n) is 13.3. The van der Waals surface area contributed by atoms with Crippen LogP contribution in [-0.2, 0) is 0 Å². The van der Waals surface area contributed by atoms with Gasteiger partial charge < -0.3 is 10.6 Å². The standard InChI is InChI=1S/C15H28N4O2/c1-3-5-7-9-11-19(12-10-8-6-4-2)15(20)13-14(16)18-21-17-13/h3-12H2,1-2H3,(H2,16,18). The molecule has 0 spiro atoms. The van der Waals surface area contributed by atoms with Crippen molar-refractivity contribution in [3.63, 3.8) is 0 Å². The van der Waals surface area contributed by atoms with Crippen molar-refractivity contribution in [2.45, 2.75) is 65.2 Å². The van der Waals surface area contributed by atoms with Crippen molar-refractivity contribution in [2.24, 2.45) is 0 Å². The van der Waals surface area contributed by atoms with Gasteiger partial charge in [-0.05, 0) is 23.2 Å². The van der Waals surface area contributed by atoms with E-state index in [0.29, 0.717) is 0 Å². The van der Waals surface area contributed by atoms with Crippen LogP contribution in [0.25, 0.3) is 0 Å². The topological polar surface area (TPSA) is 85.2 Å². The Bertz CT molecular complexity index is 394. The van der Waals surface area contributed by atoms with Crippen molar-refractivity contribution in [1.82, 2.24) is 15.2 Å². The van der Waals surface area contributed by atoms with Gasteiger partial charge in [-0.3, -0.25) is 4.79 Å². The molecule has 6 heteroatoms. The summed E-state index contributed by atoms with van der Waals surface area (Å²) in [5.74, 6) is -0.0890. The van der Waals surface area contributed by atoms with Gasteiger partial charge in [0.1, 0.15) is 0 Å². The predicted octanol–water partition coefficient (Wildman–Crippen LogP) is 3.25. The molecule has 0 aliphatic carbocycles. The summed E-state index contributed by atoms with van der Waals surface area (Å²) < 4.78 is 4.53. The number of unbranched alkanes of at least 4 members (excludes halogenated alkanes) is 6. The van der Waals surface area contributed by atoms with E-state index in [-0.39, 0.29) is 17.4 Å². The Balaban J connectivity index is 2.53. The highest BCUT2D eigenvalue weighted by Gasteiger charge is 2.22. The number of nitrogens with two attached hydrogens (primary N) is 1. The average Bonchev–Trinajstić information content (AvgIpc) is 2.91. The van der Waals surface area contributed by atoms with Crippen LogP contribution in [0.2, 0.25) is 0 Å². The van der Waals surface area contributed by atoms with E-state index >= 15 is 0 Å². The highest BCUT2D eigenvalue weighted by Crippen LogP contribution is 2.12. The van der Waals surface area contributed by atoms with E-state index in [9.17, 15) is 4.79 Å². The van der Waals surface area contributed by atoms with Crippen molar-refractivity contribution >= 4 is 11.7 Å². The molecule has 120 valence electrons. The Labute approximate surface area is 127 Å². The summed E-state index contributed by atoms with van der Waals surface area (Å²) in [5, 5.41) is 7.11. The first-order valence-corrected chi connectivity index (χ1v) is 8.08. The van der Waals surface area contributed by atoms with Gasteiger partial charge in [0, 0.05) is 13.1 Å². The number of carbonyl (C=O) groups is 1. The number of carbonyl (C=O) groups excluding carboxylic acids is 1. The average molecular weight is 296 g/mol. The van der Waals surface area contributed by atoms with Crippen LogP contribution in [0.15, 0.2) is 4.63 Å². The third-order valence-corrected chi connectivity index (χ3v) is 3.57. The summed E-state index contributed by atoms with van der Waals surface area (Å²) >= 11 is 0. The van der Waals surface area contributed by atoms with E-state index in [1.807, 2.05) is 4.90 Å². The molecule has 21 heavy (non-hydrogen) atoms. The van der Waals surface area contributed by atoms with Gasteiger partial charge in [0.15, 0.2) is 0 Å². The van der Waals surface area contributed by atoms with Gasteiger partial charge in [0.25, 0.3) is 5.91 Å². The maximum absolute atomic E-state index is 12.4. The van der Waals surface area contributed by atoms with E-state index in [2.05, 4.69) is 28.8 Å². The Morgan fingerprint density at radius 2 is 1.57 bits per heavy atom. The molecule has 1 amide bonds. The lowest BCUT2D eigenvalue weighted by Gasteiger charge is -2.21. The predicted molar refractivity (Wildman–Crippen MR) is 82.9 cm³/mol. The van der Waals surface area contributed by atoms with Crippen LogP contribution >= 0.6 is 0 Å². The first kappa shape index (κ1) is 17.5. The minimum Gasteiger partial charge on any atom is -0.379 e. The maximum atomic E-state index is 12.4. The zero-order valence-corrected chi connectivity index (χ0v) is 13.3. The normalized spacial score (nSPS) is 10.8. The van der Waals surface area contributed by atoms with Crippen LogP contribution in [0, 0.1) is 0 Å². The molecular formula is C15H28N4O2. The number of hydrogen-bond acceptors (Lipinski definition) is 5. The molecule has 0 unspecified atom stereocenters. The van der Waals surface area contributed by atoms with E-state index in [4.69, 9.17) is 5.73 Å². The Hall–Kier alpha value is -1.59. The van der Waals surface area contributed by atoms with Crippen LogP contribution in [-0.4, -0.2) is 34.2 Å². The molecule has 1 heterocycles. The molecule has 0 fully saturated rings. The van der Waals surface area contributed by atoms with Crippen LogP contribution in [0.1, 0.15) is 75.7 Å². The van der Waals surface area contributed by atoms with Gasteiger partial charge in [0.05, 0.1) is 0 Å². The third-order valence-electron chi connectivity index (χ3n) is 3.57. The van der Waals surface area contributed by atoms with Gasteiger partial charge in [-0.15, -0.1) is 0 Å². The molecule has 0 saturated heterocycles. The summed E-state index contributed by atoms with van der Waals surface area (Å²) in [6.45, 7) is 5.85. The Kier molecular flexibility index (Phi) is 8.47. The van der Waals surface area contributed by atoms with E-state index in [1.165, 1.54) is 25.7 Å². The molecule has 0 saturated carbocycles. The lowest BCUT2D eigenvalue weighted by Crippen LogP contribution is -2.33. The van der Waals surface area contributed by atoms with Gasteiger partial charge in [-0.25, -0.2) is 4.63 Å². The van der Waals surface area contributed by atoms with E-state index in [0.717, 1.165) is 38.8 Å². The first-order chi connectivity index (χ1) is 10.2. The molecule has 0 radical (unpaired) electrons. The Morgan fingerprint density at radius 3 is 2.00 bits per heavy atom. The second-order valence-electron chi connectivity index (χ2n) is 5.41. The monoisotopic (exact) mass is 296 g/mol.